The standard InChI is InChI=1S/C34H43N3O5S/c1-26-18-20-28(21-19-26)25-36(32(23-27-11-5-4-6-12-27)34(39)35-29-13-7-8-14-29)33(38)17-10-22-37(43(3,40)41)30-15-9-16-31(24-30)42-2/h4-6,9,11-12,15-16,18-21,24,29,32H,7-8,10,13-14,17,22-23,25H2,1-3H3,(H,35,39). The van der Waals surface area contributed by atoms with E-state index in [1.54, 1.807) is 29.2 Å². The van der Waals surface area contributed by atoms with Gasteiger partial charge in [-0.15, -0.1) is 0 Å². The summed E-state index contributed by atoms with van der Waals surface area (Å²) < 4.78 is 32.0. The lowest BCUT2D eigenvalue weighted by Gasteiger charge is -2.33. The molecule has 0 aromatic heterocycles. The van der Waals surface area contributed by atoms with Gasteiger partial charge in [-0.2, -0.15) is 0 Å². The molecule has 1 N–H and O–H groups in total. The highest BCUT2D eigenvalue weighted by Gasteiger charge is 2.32. The van der Waals surface area contributed by atoms with Crippen LogP contribution in [0.3, 0.4) is 0 Å². The molecule has 1 atom stereocenters. The third-order valence-corrected chi connectivity index (χ3v) is 9.13. The second-order valence-corrected chi connectivity index (χ2v) is 13.2. The molecule has 0 saturated heterocycles. The van der Waals surface area contributed by atoms with Crippen molar-refractivity contribution in [2.45, 2.75) is 70.5 Å². The highest BCUT2D eigenvalue weighted by molar-refractivity contribution is 7.92. The molecule has 2 amide bonds. The van der Waals surface area contributed by atoms with Crippen molar-refractivity contribution < 1.29 is 22.7 Å². The summed E-state index contributed by atoms with van der Waals surface area (Å²) in [6, 6.07) is 24.0. The molecule has 1 unspecified atom stereocenters. The van der Waals surface area contributed by atoms with E-state index < -0.39 is 16.1 Å². The number of carbonyl (C=O) groups is 2. The molecule has 43 heavy (non-hydrogen) atoms. The van der Waals surface area contributed by atoms with Crippen molar-refractivity contribution >= 4 is 27.5 Å². The summed E-state index contributed by atoms with van der Waals surface area (Å²) in [6.45, 7) is 2.41. The van der Waals surface area contributed by atoms with Gasteiger partial charge in [-0.05, 0) is 49.4 Å². The highest BCUT2D eigenvalue weighted by Crippen LogP contribution is 2.25. The van der Waals surface area contributed by atoms with Gasteiger partial charge in [0.15, 0.2) is 0 Å². The van der Waals surface area contributed by atoms with E-state index >= 15 is 0 Å². The third-order valence-electron chi connectivity index (χ3n) is 7.94. The molecule has 1 fully saturated rings. The number of aryl methyl sites for hydroxylation is 1. The quantitative estimate of drug-likeness (QED) is 0.271. The van der Waals surface area contributed by atoms with Gasteiger partial charge in [0.05, 0.1) is 19.1 Å². The Balaban J connectivity index is 1.58. The monoisotopic (exact) mass is 605 g/mol. The molecule has 3 aromatic carbocycles. The molecule has 4 rings (SSSR count). The zero-order valence-electron chi connectivity index (χ0n) is 25.4. The number of hydrogen-bond acceptors (Lipinski definition) is 5. The van der Waals surface area contributed by atoms with Crippen LogP contribution in [0.2, 0.25) is 0 Å². The second-order valence-electron chi connectivity index (χ2n) is 11.3. The first-order valence-corrected chi connectivity index (χ1v) is 16.8. The average Bonchev–Trinajstić information content (AvgIpc) is 3.51. The van der Waals surface area contributed by atoms with E-state index in [4.69, 9.17) is 4.74 Å². The van der Waals surface area contributed by atoms with Crippen LogP contribution in [0.5, 0.6) is 5.75 Å². The number of hydrogen-bond donors (Lipinski definition) is 1. The fourth-order valence-electron chi connectivity index (χ4n) is 5.58. The number of sulfonamides is 1. The van der Waals surface area contributed by atoms with Gasteiger partial charge in [0.25, 0.3) is 0 Å². The number of methoxy groups -OCH3 is 1. The number of nitrogens with one attached hydrogen (secondary N) is 1. The van der Waals surface area contributed by atoms with Gasteiger partial charge in [0, 0.05) is 38.0 Å². The molecular weight excluding hydrogens is 562 g/mol. The topological polar surface area (TPSA) is 96.0 Å². The van der Waals surface area contributed by atoms with E-state index in [2.05, 4.69) is 5.32 Å². The minimum absolute atomic E-state index is 0.0872. The van der Waals surface area contributed by atoms with Crippen molar-refractivity contribution in [2.75, 3.05) is 24.2 Å². The molecule has 230 valence electrons. The van der Waals surface area contributed by atoms with Crippen LogP contribution >= 0.6 is 0 Å². The third kappa shape index (κ3) is 9.32. The Morgan fingerprint density at radius 2 is 1.65 bits per heavy atom. The molecule has 3 aromatic rings. The van der Waals surface area contributed by atoms with Crippen molar-refractivity contribution in [1.82, 2.24) is 10.2 Å². The van der Waals surface area contributed by atoms with Crippen molar-refractivity contribution in [3.05, 3.63) is 95.6 Å². The van der Waals surface area contributed by atoms with Gasteiger partial charge in [-0.3, -0.25) is 13.9 Å². The maximum absolute atomic E-state index is 14.0. The molecular formula is C34H43N3O5S. The predicted octanol–water partition coefficient (Wildman–Crippen LogP) is 5.25. The Bertz CT molecular complexity index is 1450. The first kappa shape index (κ1) is 32.1. The summed E-state index contributed by atoms with van der Waals surface area (Å²) in [5.74, 6) is 0.205. The number of nitrogens with zero attached hydrogens (tertiary/aromatic N) is 2. The maximum atomic E-state index is 14.0. The first-order valence-electron chi connectivity index (χ1n) is 14.9. The van der Waals surface area contributed by atoms with Gasteiger partial charge >= 0.3 is 0 Å². The molecule has 0 radical (unpaired) electrons. The van der Waals surface area contributed by atoms with Crippen LogP contribution in [0.1, 0.15) is 55.2 Å². The Hall–Kier alpha value is -3.85. The van der Waals surface area contributed by atoms with Crippen molar-refractivity contribution in [1.29, 1.82) is 0 Å². The molecule has 9 heteroatoms. The second kappa shape index (κ2) is 15.0. The Morgan fingerprint density at radius 3 is 2.30 bits per heavy atom. The zero-order chi connectivity index (χ0) is 30.8. The molecule has 0 aliphatic heterocycles. The fourth-order valence-corrected chi connectivity index (χ4v) is 6.54. The van der Waals surface area contributed by atoms with E-state index in [9.17, 15) is 18.0 Å². The number of amides is 2. The lowest BCUT2D eigenvalue weighted by atomic mass is 10.0. The lowest BCUT2D eigenvalue weighted by Crippen LogP contribution is -2.52. The van der Waals surface area contributed by atoms with Crippen LogP contribution in [0.25, 0.3) is 0 Å². The zero-order valence-corrected chi connectivity index (χ0v) is 26.2. The maximum Gasteiger partial charge on any atom is 0.243 e. The van der Waals surface area contributed by atoms with Crippen LogP contribution in [0, 0.1) is 6.92 Å². The minimum atomic E-state index is -3.61. The SMILES string of the molecule is COc1cccc(N(CCCC(=O)N(Cc2ccc(C)cc2)C(Cc2ccccc2)C(=O)NC2CCCC2)S(C)(=O)=O)c1. The van der Waals surface area contributed by atoms with Gasteiger partial charge in [0.1, 0.15) is 11.8 Å². The molecule has 0 spiro atoms. The minimum Gasteiger partial charge on any atom is -0.497 e. The number of rotatable bonds is 14. The summed E-state index contributed by atoms with van der Waals surface area (Å²) in [5.41, 5.74) is 3.49. The van der Waals surface area contributed by atoms with E-state index in [0.717, 1.165) is 48.6 Å². The number of carbonyl (C=O) groups excluding carboxylic acids is 2. The Morgan fingerprint density at radius 1 is 0.953 bits per heavy atom. The summed E-state index contributed by atoms with van der Waals surface area (Å²) in [4.78, 5) is 29.5. The van der Waals surface area contributed by atoms with Gasteiger partial charge in [0.2, 0.25) is 21.8 Å². The fraction of sp³-hybridized carbons (Fsp3) is 0.412. The van der Waals surface area contributed by atoms with Crippen LogP contribution in [-0.4, -0.2) is 57.1 Å². The summed E-state index contributed by atoms with van der Waals surface area (Å²) in [6.07, 6.45) is 5.98. The van der Waals surface area contributed by atoms with Crippen LogP contribution in [0.4, 0.5) is 5.69 Å². The average molecular weight is 606 g/mol. The predicted molar refractivity (Wildman–Crippen MR) is 170 cm³/mol. The van der Waals surface area contributed by atoms with Crippen molar-refractivity contribution in [3.8, 4) is 5.75 Å². The molecule has 1 aliphatic rings. The normalized spacial score (nSPS) is 14.2. The largest absolute Gasteiger partial charge is 0.497 e. The number of benzene rings is 3. The summed E-state index contributed by atoms with van der Waals surface area (Å²) in [7, 11) is -2.08. The van der Waals surface area contributed by atoms with Gasteiger partial charge in [-0.1, -0.05) is 79.1 Å². The summed E-state index contributed by atoms with van der Waals surface area (Å²) in [5, 5.41) is 3.22. The van der Waals surface area contributed by atoms with Crippen LogP contribution in [-0.2, 0) is 32.6 Å². The highest BCUT2D eigenvalue weighted by atomic mass is 32.2. The molecule has 0 heterocycles. The molecule has 8 nitrogen and oxygen atoms in total. The van der Waals surface area contributed by atoms with Crippen molar-refractivity contribution in [3.63, 3.8) is 0 Å². The van der Waals surface area contributed by atoms with E-state index in [-0.39, 0.29) is 43.8 Å². The van der Waals surface area contributed by atoms with Gasteiger partial charge in [-0.25, -0.2) is 8.42 Å². The Labute approximate surface area is 256 Å². The van der Waals surface area contributed by atoms with Crippen molar-refractivity contribution in [2.24, 2.45) is 0 Å². The van der Waals surface area contributed by atoms with Crippen LogP contribution in [0.15, 0.2) is 78.9 Å². The van der Waals surface area contributed by atoms with E-state index in [0.29, 0.717) is 17.9 Å². The van der Waals surface area contributed by atoms with E-state index in [1.807, 2.05) is 61.5 Å². The Kier molecular flexibility index (Phi) is 11.2. The summed E-state index contributed by atoms with van der Waals surface area (Å²) >= 11 is 0. The van der Waals surface area contributed by atoms with Crippen LogP contribution < -0.4 is 14.4 Å². The first-order chi connectivity index (χ1) is 20.6. The van der Waals surface area contributed by atoms with E-state index in [1.165, 1.54) is 11.4 Å². The molecule has 1 saturated carbocycles. The lowest BCUT2D eigenvalue weighted by molar-refractivity contribution is -0.141. The molecule has 1 aliphatic carbocycles. The van der Waals surface area contributed by atoms with Gasteiger partial charge < -0.3 is 15.0 Å². The number of ether oxygens (including phenoxy) is 1. The molecule has 0 bridgehead atoms. The number of anilines is 1. The smallest absolute Gasteiger partial charge is 0.243 e.